The minimum atomic E-state index is -0.308. The SMILES string of the molecule is CCOc1ccc(C2CC(=O)C3=C(C2)NC(=O)CC3c2ccc(OCC)c(OCC)c2)cc1OC. The number of ether oxygens (including phenoxy) is 4. The summed E-state index contributed by atoms with van der Waals surface area (Å²) in [5.41, 5.74) is 3.28. The van der Waals surface area contributed by atoms with E-state index in [2.05, 4.69) is 5.32 Å². The van der Waals surface area contributed by atoms with Crippen LogP contribution in [0.4, 0.5) is 0 Å². The number of ketones is 1. The normalized spacial score (nSPS) is 19.7. The number of hydrogen-bond acceptors (Lipinski definition) is 6. The molecule has 2 aliphatic rings. The predicted octanol–water partition coefficient (Wildman–Crippen LogP) is 4.90. The first kappa shape index (κ1) is 24.6. The highest BCUT2D eigenvalue weighted by Crippen LogP contribution is 2.45. The average molecular weight is 480 g/mol. The molecule has 0 aromatic heterocycles. The van der Waals surface area contributed by atoms with Crippen LogP contribution in [-0.4, -0.2) is 38.6 Å². The maximum atomic E-state index is 13.5. The Hall–Kier alpha value is -3.48. The molecule has 0 saturated heterocycles. The van der Waals surface area contributed by atoms with Crippen LogP contribution in [-0.2, 0) is 9.59 Å². The highest BCUT2D eigenvalue weighted by molar-refractivity contribution is 6.02. The summed E-state index contributed by atoms with van der Waals surface area (Å²) in [5, 5.41) is 2.99. The number of amides is 1. The van der Waals surface area contributed by atoms with Gasteiger partial charge in [0.05, 0.1) is 26.9 Å². The molecule has 0 saturated carbocycles. The smallest absolute Gasteiger partial charge is 0.225 e. The lowest BCUT2D eigenvalue weighted by Crippen LogP contribution is -2.38. The van der Waals surface area contributed by atoms with Crippen molar-refractivity contribution in [2.75, 3.05) is 26.9 Å². The Bertz CT molecular complexity index is 1140. The lowest BCUT2D eigenvalue weighted by molar-refractivity contribution is -0.122. The lowest BCUT2D eigenvalue weighted by Gasteiger charge is -2.34. The van der Waals surface area contributed by atoms with Gasteiger partial charge in [-0.15, -0.1) is 0 Å². The predicted molar refractivity (Wildman–Crippen MR) is 132 cm³/mol. The van der Waals surface area contributed by atoms with Crippen LogP contribution in [0.15, 0.2) is 47.7 Å². The molecule has 1 heterocycles. The molecule has 1 amide bonds. The second-order valence-electron chi connectivity index (χ2n) is 8.64. The van der Waals surface area contributed by atoms with Gasteiger partial charge in [0.1, 0.15) is 0 Å². The fraction of sp³-hybridized carbons (Fsp3) is 0.429. The van der Waals surface area contributed by atoms with E-state index < -0.39 is 0 Å². The first-order valence-electron chi connectivity index (χ1n) is 12.2. The summed E-state index contributed by atoms with van der Waals surface area (Å²) in [4.78, 5) is 26.2. The first-order valence-corrected chi connectivity index (χ1v) is 12.2. The molecule has 0 bridgehead atoms. The van der Waals surface area contributed by atoms with E-state index in [9.17, 15) is 9.59 Å². The fourth-order valence-electron chi connectivity index (χ4n) is 4.98. The summed E-state index contributed by atoms with van der Waals surface area (Å²) in [6, 6.07) is 11.5. The number of carbonyl (C=O) groups excluding carboxylic acids is 2. The van der Waals surface area contributed by atoms with E-state index in [4.69, 9.17) is 18.9 Å². The molecule has 35 heavy (non-hydrogen) atoms. The molecule has 1 aliphatic heterocycles. The second kappa shape index (κ2) is 10.8. The Balaban J connectivity index is 1.67. The zero-order valence-corrected chi connectivity index (χ0v) is 20.8. The zero-order chi connectivity index (χ0) is 24.9. The minimum Gasteiger partial charge on any atom is -0.493 e. The van der Waals surface area contributed by atoms with Crippen molar-refractivity contribution in [1.82, 2.24) is 5.32 Å². The van der Waals surface area contributed by atoms with Crippen LogP contribution < -0.4 is 24.3 Å². The topological polar surface area (TPSA) is 83.1 Å². The molecule has 1 aliphatic carbocycles. The Morgan fingerprint density at radius 3 is 2.03 bits per heavy atom. The van der Waals surface area contributed by atoms with Gasteiger partial charge in [-0.3, -0.25) is 9.59 Å². The molecule has 2 aromatic carbocycles. The van der Waals surface area contributed by atoms with Crippen molar-refractivity contribution in [3.05, 3.63) is 58.8 Å². The molecule has 0 spiro atoms. The number of Topliss-reactive ketones (excluding diaryl/α,β-unsaturated/α-hetero) is 1. The molecule has 0 fully saturated rings. The van der Waals surface area contributed by atoms with E-state index in [1.54, 1.807) is 7.11 Å². The molecule has 2 unspecified atom stereocenters. The van der Waals surface area contributed by atoms with Crippen molar-refractivity contribution in [3.63, 3.8) is 0 Å². The van der Waals surface area contributed by atoms with E-state index in [0.717, 1.165) is 11.1 Å². The molecule has 2 aromatic rings. The number of benzene rings is 2. The monoisotopic (exact) mass is 479 g/mol. The Morgan fingerprint density at radius 2 is 1.37 bits per heavy atom. The Morgan fingerprint density at radius 1 is 0.771 bits per heavy atom. The third-order valence-corrected chi connectivity index (χ3v) is 6.46. The molecular weight excluding hydrogens is 446 g/mol. The van der Waals surface area contributed by atoms with Crippen LogP contribution in [0, 0.1) is 0 Å². The summed E-state index contributed by atoms with van der Waals surface area (Å²) in [7, 11) is 1.60. The highest BCUT2D eigenvalue weighted by atomic mass is 16.5. The Labute approximate surface area is 206 Å². The molecule has 7 heteroatoms. The van der Waals surface area contributed by atoms with Gasteiger partial charge in [-0.05, 0) is 68.5 Å². The third kappa shape index (κ3) is 5.14. The highest BCUT2D eigenvalue weighted by Gasteiger charge is 2.38. The Kier molecular flexibility index (Phi) is 7.63. The second-order valence-corrected chi connectivity index (χ2v) is 8.64. The summed E-state index contributed by atoms with van der Waals surface area (Å²) in [6.07, 6.45) is 1.18. The number of methoxy groups -OCH3 is 1. The van der Waals surface area contributed by atoms with Gasteiger partial charge < -0.3 is 24.3 Å². The first-order chi connectivity index (χ1) is 17.0. The molecule has 186 valence electrons. The zero-order valence-electron chi connectivity index (χ0n) is 20.8. The van der Waals surface area contributed by atoms with Gasteiger partial charge in [-0.2, -0.15) is 0 Å². The van der Waals surface area contributed by atoms with Crippen molar-refractivity contribution in [1.29, 1.82) is 0 Å². The number of nitrogens with one attached hydrogen (secondary N) is 1. The standard InChI is InChI=1S/C28H33NO6/c1-5-33-23-10-8-17(14-25(23)32-4)19-12-21-28(22(30)13-19)20(16-27(31)29-21)18-9-11-24(34-6-2)26(15-18)35-7-3/h8-11,14-15,19-20H,5-7,12-13,16H2,1-4H3,(H,29,31). The van der Waals surface area contributed by atoms with Gasteiger partial charge in [0.25, 0.3) is 0 Å². The minimum absolute atomic E-state index is 0.0517. The molecule has 7 nitrogen and oxygen atoms in total. The van der Waals surface area contributed by atoms with E-state index >= 15 is 0 Å². The van der Waals surface area contributed by atoms with Crippen molar-refractivity contribution in [2.45, 2.75) is 51.9 Å². The molecule has 2 atom stereocenters. The van der Waals surface area contributed by atoms with Gasteiger partial charge in [0, 0.05) is 30.0 Å². The summed E-state index contributed by atoms with van der Waals surface area (Å²) in [6.45, 7) is 7.31. The quantitative estimate of drug-likeness (QED) is 0.551. The van der Waals surface area contributed by atoms with Gasteiger partial charge in [0.2, 0.25) is 5.91 Å². The van der Waals surface area contributed by atoms with Crippen LogP contribution in [0.25, 0.3) is 0 Å². The summed E-state index contributed by atoms with van der Waals surface area (Å²) >= 11 is 0. The molecule has 1 N–H and O–H groups in total. The van der Waals surface area contributed by atoms with E-state index in [-0.39, 0.29) is 29.9 Å². The number of allylic oxidation sites excluding steroid dienone is 2. The van der Waals surface area contributed by atoms with Crippen molar-refractivity contribution in [3.8, 4) is 23.0 Å². The van der Waals surface area contributed by atoms with Crippen molar-refractivity contribution in [2.24, 2.45) is 0 Å². The van der Waals surface area contributed by atoms with Gasteiger partial charge in [0.15, 0.2) is 28.8 Å². The van der Waals surface area contributed by atoms with Crippen LogP contribution in [0.1, 0.15) is 63.0 Å². The van der Waals surface area contributed by atoms with Gasteiger partial charge >= 0.3 is 0 Å². The molecule has 0 radical (unpaired) electrons. The molecular formula is C28H33NO6. The van der Waals surface area contributed by atoms with Crippen molar-refractivity contribution < 1.29 is 28.5 Å². The van der Waals surface area contributed by atoms with Crippen LogP contribution in [0.2, 0.25) is 0 Å². The summed E-state index contributed by atoms with van der Waals surface area (Å²) in [5.74, 6) is 2.21. The number of rotatable bonds is 9. The van der Waals surface area contributed by atoms with E-state index in [1.807, 2.05) is 57.2 Å². The van der Waals surface area contributed by atoms with Crippen LogP contribution in [0.5, 0.6) is 23.0 Å². The van der Waals surface area contributed by atoms with E-state index in [1.165, 1.54) is 0 Å². The summed E-state index contributed by atoms with van der Waals surface area (Å²) < 4.78 is 22.6. The van der Waals surface area contributed by atoms with Gasteiger partial charge in [-0.1, -0.05) is 12.1 Å². The van der Waals surface area contributed by atoms with Gasteiger partial charge in [-0.25, -0.2) is 0 Å². The number of hydrogen-bond donors (Lipinski definition) is 1. The molecule has 4 rings (SSSR count). The average Bonchev–Trinajstić information content (AvgIpc) is 2.85. The van der Waals surface area contributed by atoms with Crippen molar-refractivity contribution >= 4 is 11.7 Å². The van der Waals surface area contributed by atoms with Crippen LogP contribution in [0.3, 0.4) is 0 Å². The lowest BCUT2D eigenvalue weighted by atomic mass is 9.73. The maximum Gasteiger partial charge on any atom is 0.225 e. The third-order valence-electron chi connectivity index (χ3n) is 6.46. The van der Waals surface area contributed by atoms with E-state index in [0.29, 0.717) is 66.9 Å². The fourth-order valence-corrected chi connectivity index (χ4v) is 4.98. The largest absolute Gasteiger partial charge is 0.493 e. The van der Waals surface area contributed by atoms with Crippen LogP contribution >= 0.6 is 0 Å². The maximum absolute atomic E-state index is 13.5. The number of carbonyl (C=O) groups is 2.